The van der Waals surface area contributed by atoms with Crippen LogP contribution in [0.3, 0.4) is 0 Å². The topological polar surface area (TPSA) is 73.6 Å². The van der Waals surface area contributed by atoms with E-state index in [4.69, 9.17) is 15.2 Å². The number of hydrogen-bond donors (Lipinski definition) is 2. The van der Waals surface area contributed by atoms with E-state index in [-0.39, 0.29) is 17.9 Å². The average Bonchev–Trinajstić information content (AvgIpc) is 2.36. The van der Waals surface area contributed by atoms with Crippen molar-refractivity contribution in [2.45, 2.75) is 12.3 Å². The summed E-state index contributed by atoms with van der Waals surface area (Å²) in [6.45, 7) is 4.19. The van der Waals surface area contributed by atoms with Crippen LogP contribution in [0, 0.1) is 5.92 Å². The quantitative estimate of drug-likeness (QED) is 0.848. The number of anilines is 1. The van der Waals surface area contributed by atoms with Gasteiger partial charge >= 0.3 is 0 Å². The van der Waals surface area contributed by atoms with E-state index < -0.39 is 0 Å². The number of hydrogen-bond acceptors (Lipinski definition) is 4. The van der Waals surface area contributed by atoms with Gasteiger partial charge in [-0.1, -0.05) is 13.0 Å². The Labute approximate surface area is 112 Å². The molecule has 19 heavy (non-hydrogen) atoms. The average molecular weight is 262 g/mol. The van der Waals surface area contributed by atoms with Gasteiger partial charge in [-0.05, 0) is 30.2 Å². The number of ether oxygens (including phenoxy) is 2. The summed E-state index contributed by atoms with van der Waals surface area (Å²) in [6.07, 6.45) is 0. The zero-order valence-electron chi connectivity index (χ0n) is 10.9. The maximum absolute atomic E-state index is 11.4. The van der Waals surface area contributed by atoms with Crippen LogP contribution in [-0.2, 0) is 14.9 Å². The highest BCUT2D eigenvalue weighted by molar-refractivity contribution is 5.95. The number of nitrogens with two attached hydrogens (primary N) is 1. The molecule has 1 aromatic carbocycles. The van der Waals surface area contributed by atoms with Crippen molar-refractivity contribution in [2.24, 2.45) is 11.7 Å². The third-order valence-electron chi connectivity index (χ3n) is 4.20. The SMILES string of the molecule is CC(CN)C1(c2ccc3c(c2)NC(=O)CO3)COC1. The first-order chi connectivity index (χ1) is 9.15. The van der Waals surface area contributed by atoms with Crippen molar-refractivity contribution in [1.29, 1.82) is 0 Å². The third kappa shape index (κ3) is 1.89. The molecule has 5 heteroatoms. The Hall–Kier alpha value is -1.59. The maximum Gasteiger partial charge on any atom is 0.262 e. The molecule has 2 heterocycles. The minimum absolute atomic E-state index is 0.0358. The van der Waals surface area contributed by atoms with Gasteiger partial charge in [0.2, 0.25) is 0 Å². The summed E-state index contributed by atoms with van der Waals surface area (Å²) >= 11 is 0. The van der Waals surface area contributed by atoms with Crippen LogP contribution in [0.2, 0.25) is 0 Å². The summed E-state index contributed by atoms with van der Waals surface area (Å²) in [5, 5.41) is 2.84. The lowest BCUT2D eigenvalue weighted by atomic mass is 9.69. The number of rotatable bonds is 3. The van der Waals surface area contributed by atoms with Crippen molar-refractivity contribution < 1.29 is 14.3 Å². The molecule has 1 fully saturated rings. The molecule has 0 saturated carbocycles. The van der Waals surface area contributed by atoms with Crippen molar-refractivity contribution >= 4 is 11.6 Å². The first kappa shape index (κ1) is 12.4. The van der Waals surface area contributed by atoms with E-state index in [0.717, 1.165) is 17.0 Å². The summed E-state index contributed by atoms with van der Waals surface area (Å²) < 4.78 is 10.8. The number of carbonyl (C=O) groups excluding carboxylic acids is 1. The first-order valence-electron chi connectivity index (χ1n) is 6.51. The Balaban J connectivity index is 1.97. The van der Waals surface area contributed by atoms with Crippen molar-refractivity contribution in [1.82, 2.24) is 0 Å². The molecule has 3 rings (SSSR count). The highest BCUT2D eigenvalue weighted by Crippen LogP contribution is 2.42. The second-order valence-corrected chi connectivity index (χ2v) is 5.33. The molecule has 1 saturated heterocycles. The van der Waals surface area contributed by atoms with Crippen LogP contribution in [0.25, 0.3) is 0 Å². The summed E-state index contributed by atoms with van der Waals surface area (Å²) in [5.74, 6) is 0.939. The molecule has 5 nitrogen and oxygen atoms in total. The molecular formula is C14H18N2O3. The predicted molar refractivity (Wildman–Crippen MR) is 71.3 cm³/mol. The van der Waals surface area contributed by atoms with E-state index in [9.17, 15) is 4.79 Å². The number of amides is 1. The van der Waals surface area contributed by atoms with Crippen molar-refractivity contribution in [3.8, 4) is 5.75 Å². The van der Waals surface area contributed by atoms with Crippen LogP contribution in [-0.4, -0.2) is 32.3 Å². The molecule has 1 amide bonds. The van der Waals surface area contributed by atoms with Crippen LogP contribution in [0.15, 0.2) is 18.2 Å². The number of benzene rings is 1. The third-order valence-corrected chi connectivity index (χ3v) is 4.20. The van der Waals surface area contributed by atoms with Gasteiger partial charge < -0.3 is 20.5 Å². The first-order valence-corrected chi connectivity index (χ1v) is 6.51. The van der Waals surface area contributed by atoms with Gasteiger partial charge in [-0.25, -0.2) is 0 Å². The Morgan fingerprint density at radius 1 is 1.47 bits per heavy atom. The van der Waals surface area contributed by atoms with Crippen LogP contribution in [0.1, 0.15) is 12.5 Å². The molecular weight excluding hydrogens is 244 g/mol. The van der Waals surface area contributed by atoms with E-state index in [2.05, 4.69) is 12.2 Å². The van der Waals surface area contributed by atoms with Gasteiger partial charge in [-0.15, -0.1) is 0 Å². The fourth-order valence-electron chi connectivity index (χ4n) is 2.68. The fraction of sp³-hybridized carbons (Fsp3) is 0.500. The second-order valence-electron chi connectivity index (χ2n) is 5.33. The Kier molecular flexibility index (Phi) is 2.95. The lowest BCUT2D eigenvalue weighted by Crippen LogP contribution is -2.53. The predicted octanol–water partition coefficient (Wildman–Crippen LogP) is 0.880. The van der Waals surface area contributed by atoms with Crippen LogP contribution in [0.4, 0.5) is 5.69 Å². The summed E-state index contributed by atoms with van der Waals surface area (Å²) in [4.78, 5) is 11.4. The monoisotopic (exact) mass is 262 g/mol. The molecule has 0 spiro atoms. The lowest BCUT2D eigenvalue weighted by Gasteiger charge is -2.46. The molecule has 1 atom stereocenters. The molecule has 2 aliphatic heterocycles. The number of nitrogens with one attached hydrogen (secondary N) is 1. The largest absolute Gasteiger partial charge is 0.482 e. The minimum atomic E-state index is -0.115. The second kappa shape index (κ2) is 4.51. The van der Waals surface area contributed by atoms with E-state index in [1.54, 1.807) is 0 Å². The molecule has 3 N–H and O–H groups in total. The van der Waals surface area contributed by atoms with Crippen LogP contribution in [0.5, 0.6) is 5.75 Å². The van der Waals surface area contributed by atoms with Gasteiger partial charge in [0.1, 0.15) is 5.75 Å². The number of carbonyl (C=O) groups is 1. The summed E-state index contributed by atoms with van der Waals surface area (Å²) in [7, 11) is 0. The standard InChI is InChI=1S/C14H18N2O3/c1-9(5-15)14(7-18-8-14)10-2-3-12-11(4-10)16-13(17)6-19-12/h2-4,9H,5-8,15H2,1H3,(H,16,17). The molecule has 0 aliphatic carbocycles. The molecule has 0 aromatic heterocycles. The Bertz CT molecular complexity index is 511. The summed E-state index contributed by atoms with van der Waals surface area (Å²) in [5.41, 5.74) is 7.67. The van der Waals surface area contributed by atoms with Crippen molar-refractivity contribution in [2.75, 3.05) is 31.7 Å². The molecule has 0 bridgehead atoms. The fourth-order valence-corrected chi connectivity index (χ4v) is 2.68. The Morgan fingerprint density at radius 2 is 2.26 bits per heavy atom. The zero-order chi connectivity index (χ0) is 13.5. The lowest BCUT2D eigenvalue weighted by molar-refractivity contribution is -0.118. The molecule has 1 unspecified atom stereocenters. The molecule has 102 valence electrons. The highest BCUT2D eigenvalue weighted by Gasteiger charge is 2.44. The highest BCUT2D eigenvalue weighted by atomic mass is 16.5. The normalized spacial score (nSPS) is 21.7. The summed E-state index contributed by atoms with van der Waals surface area (Å²) in [6, 6.07) is 5.94. The van der Waals surface area contributed by atoms with E-state index in [1.165, 1.54) is 0 Å². The van der Waals surface area contributed by atoms with E-state index in [0.29, 0.717) is 25.7 Å². The van der Waals surface area contributed by atoms with Gasteiger partial charge in [0, 0.05) is 5.41 Å². The smallest absolute Gasteiger partial charge is 0.262 e. The number of fused-ring (bicyclic) bond motifs is 1. The van der Waals surface area contributed by atoms with Crippen LogP contribution >= 0.6 is 0 Å². The Morgan fingerprint density at radius 3 is 2.89 bits per heavy atom. The molecule has 1 aromatic rings. The minimum Gasteiger partial charge on any atom is -0.482 e. The van der Waals surface area contributed by atoms with E-state index >= 15 is 0 Å². The van der Waals surface area contributed by atoms with E-state index in [1.807, 2.05) is 18.2 Å². The zero-order valence-corrected chi connectivity index (χ0v) is 10.9. The molecule has 0 radical (unpaired) electrons. The van der Waals surface area contributed by atoms with Crippen LogP contribution < -0.4 is 15.8 Å². The van der Waals surface area contributed by atoms with Gasteiger partial charge in [0.15, 0.2) is 6.61 Å². The van der Waals surface area contributed by atoms with Crippen molar-refractivity contribution in [3.05, 3.63) is 23.8 Å². The van der Waals surface area contributed by atoms with Gasteiger partial charge in [-0.2, -0.15) is 0 Å². The van der Waals surface area contributed by atoms with Crippen molar-refractivity contribution in [3.63, 3.8) is 0 Å². The maximum atomic E-state index is 11.4. The van der Waals surface area contributed by atoms with Gasteiger partial charge in [0.05, 0.1) is 18.9 Å². The van der Waals surface area contributed by atoms with Gasteiger partial charge in [-0.3, -0.25) is 4.79 Å². The molecule has 2 aliphatic rings. The van der Waals surface area contributed by atoms with Gasteiger partial charge in [0.25, 0.3) is 5.91 Å².